The van der Waals surface area contributed by atoms with Crippen LogP contribution >= 0.6 is 0 Å². The average Bonchev–Trinajstić information content (AvgIpc) is 2.85. The number of aromatic amines is 1. The number of aryl methyl sites for hydroxylation is 4. The van der Waals surface area contributed by atoms with Crippen LogP contribution in [0.5, 0.6) is 5.75 Å². The van der Waals surface area contributed by atoms with Gasteiger partial charge in [-0.25, -0.2) is 4.98 Å². The normalized spacial score (nSPS) is 12.6. The first-order valence-corrected chi connectivity index (χ1v) is 7.65. The van der Waals surface area contributed by atoms with E-state index >= 15 is 0 Å². The molecule has 0 aliphatic rings. The average molecular weight is 294 g/mol. The predicted octanol–water partition coefficient (Wildman–Crippen LogP) is 4.94. The van der Waals surface area contributed by atoms with Crippen molar-refractivity contribution in [3.8, 4) is 5.75 Å². The van der Waals surface area contributed by atoms with E-state index in [0.717, 1.165) is 28.2 Å². The van der Waals surface area contributed by atoms with Gasteiger partial charge in [-0.05, 0) is 69.5 Å². The fraction of sp³-hybridized carbons (Fsp3) is 0.316. The molecule has 114 valence electrons. The third-order valence-electron chi connectivity index (χ3n) is 4.13. The number of hydrogen-bond acceptors (Lipinski definition) is 2. The molecule has 0 fully saturated rings. The van der Waals surface area contributed by atoms with Gasteiger partial charge in [0.25, 0.3) is 0 Å². The summed E-state index contributed by atoms with van der Waals surface area (Å²) >= 11 is 0. The van der Waals surface area contributed by atoms with E-state index in [0.29, 0.717) is 0 Å². The van der Waals surface area contributed by atoms with Crippen LogP contribution in [0.15, 0.2) is 30.3 Å². The zero-order chi connectivity index (χ0) is 15.9. The molecule has 1 heterocycles. The topological polar surface area (TPSA) is 37.9 Å². The lowest BCUT2D eigenvalue weighted by atomic mass is 10.1. The number of imidazole rings is 1. The number of ether oxygens (including phenoxy) is 1. The van der Waals surface area contributed by atoms with Crippen molar-refractivity contribution in [1.82, 2.24) is 9.97 Å². The molecule has 3 aromatic rings. The number of nitrogens with one attached hydrogen (secondary N) is 1. The zero-order valence-electron chi connectivity index (χ0n) is 13.8. The summed E-state index contributed by atoms with van der Waals surface area (Å²) in [4.78, 5) is 8.06. The van der Waals surface area contributed by atoms with Crippen LogP contribution in [0.25, 0.3) is 11.0 Å². The van der Waals surface area contributed by atoms with Crippen molar-refractivity contribution in [2.75, 3.05) is 0 Å². The second-order valence-electron chi connectivity index (χ2n) is 6.10. The Morgan fingerprint density at radius 2 is 1.68 bits per heavy atom. The highest BCUT2D eigenvalue weighted by Crippen LogP contribution is 2.26. The molecule has 3 rings (SSSR count). The summed E-state index contributed by atoms with van der Waals surface area (Å²) in [5.41, 5.74) is 6.98. The first-order chi connectivity index (χ1) is 10.4. The SMILES string of the molecule is Cc1ccc(OC(C)c2nc3cc(C)c(C)cc3[nH]2)c(C)c1. The van der Waals surface area contributed by atoms with Crippen molar-refractivity contribution in [1.29, 1.82) is 0 Å². The number of fused-ring (bicyclic) bond motifs is 1. The van der Waals surface area contributed by atoms with Gasteiger partial charge in [0.05, 0.1) is 11.0 Å². The Balaban J connectivity index is 1.90. The van der Waals surface area contributed by atoms with Crippen LogP contribution in [0.2, 0.25) is 0 Å². The highest BCUT2D eigenvalue weighted by molar-refractivity contribution is 5.77. The summed E-state index contributed by atoms with van der Waals surface area (Å²) < 4.78 is 6.08. The minimum atomic E-state index is -0.116. The number of aromatic nitrogens is 2. The molecular formula is C19H22N2O. The Morgan fingerprint density at radius 3 is 2.41 bits per heavy atom. The lowest BCUT2D eigenvalue weighted by molar-refractivity contribution is 0.216. The highest BCUT2D eigenvalue weighted by atomic mass is 16.5. The minimum Gasteiger partial charge on any atom is -0.483 e. The van der Waals surface area contributed by atoms with E-state index in [-0.39, 0.29) is 6.10 Å². The molecule has 0 aliphatic heterocycles. The third kappa shape index (κ3) is 2.71. The molecule has 1 N–H and O–H groups in total. The predicted molar refractivity (Wildman–Crippen MR) is 90.5 cm³/mol. The van der Waals surface area contributed by atoms with Crippen molar-refractivity contribution in [2.24, 2.45) is 0 Å². The molecule has 0 radical (unpaired) electrons. The van der Waals surface area contributed by atoms with Gasteiger partial charge in [-0.15, -0.1) is 0 Å². The summed E-state index contributed by atoms with van der Waals surface area (Å²) in [6.07, 6.45) is -0.116. The smallest absolute Gasteiger partial charge is 0.153 e. The van der Waals surface area contributed by atoms with Crippen molar-refractivity contribution in [3.05, 3.63) is 58.4 Å². The van der Waals surface area contributed by atoms with Crippen LogP contribution in [0, 0.1) is 27.7 Å². The molecule has 0 aliphatic carbocycles. The summed E-state index contributed by atoms with van der Waals surface area (Å²) in [5.74, 6) is 1.77. The van der Waals surface area contributed by atoms with Crippen LogP contribution in [-0.4, -0.2) is 9.97 Å². The number of rotatable bonds is 3. The number of H-pyrrole nitrogens is 1. The van der Waals surface area contributed by atoms with E-state index in [1.807, 2.05) is 13.0 Å². The lowest BCUT2D eigenvalue weighted by Gasteiger charge is -2.14. The summed E-state index contributed by atoms with van der Waals surface area (Å²) in [7, 11) is 0. The maximum atomic E-state index is 6.08. The summed E-state index contributed by atoms with van der Waals surface area (Å²) in [6, 6.07) is 10.5. The maximum absolute atomic E-state index is 6.08. The van der Waals surface area contributed by atoms with Crippen molar-refractivity contribution in [3.63, 3.8) is 0 Å². The van der Waals surface area contributed by atoms with Gasteiger partial charge < -0.3 is 9.72 Å². The molecule has 0 bridgehead atoms. The Labute approximate surface area is 131 Å². The Bertz CT molecular complexity index is 794. The van der Waals surface area contributed by atoms with E-state index in [9.17, 15) is 0 Å². The van der Waals surface area contributed by atoms with E-state index in [2.05, 4.69) is 61.9 Å². The van der Waals surface area contributed by atoms with Crippen LogP contribution in [0.3, 0.4) is 0 Å². The monoisotopic (exact) mass is 294 g/mol. The van der Waals surface area contributed by atoms with E-state index in [1.54, 1.807) is 0 Å². The first-order valence-electron chi connectivity index (χ1n) is 7.65. The van der Waals surface area contributed by atoms with Gasteiger partial charge in [0.15, 0.2) is 6.10 Å². The molecular weight excluding hydrogens is 272 g/mol. The largest absolute Gasteiger partial charge is 0.483 e. The van der Waals surface area contributed by atoms with Gasteiger partial charge >= 0.3 is 0 Å². The van der Waals surface area contributed by atoms with E-state index in [4.69, 9.17) is 4.74 Å². The quantitative estimate of drug-likeness (QED) is 0.743. The molecule has 1 aromatic heterocycles. The van der Waals surface area contributed by atoms with Crippen molar-refractivity contribution < 1.29 is 4.74 Å². The first kappa shape index (κ1) is 14.6. The minimum absolute atomic E-state index is 0.116. The molecule has 0 saturated carbocycles. The molecule has 3 heteroatoms. The number of hydrogen-bond donors (Lipinski definition) is 1. The third-order valence-corrected chi connectivity index (χ3v) is 4.13. The van der Waals surface area contributed by atoms with Crippen molar-refractivity contribution in [2.45, 2.75) is 40.7 Å². The van der Waals surface area contributed by atoms with Gasteiger partial charge in [-0.2, -0.15) is 0 Å². The van der Waals surface area contributed by atoms with Gasteiger partial charge in [-0.3, -0.25) is 0 Å². The molecule has 0 spiro atoms. The van der Waals surface area contributed by atoms with Crippen LogP contribution < -0.4 is 4.74 Å². The second kappa shape index (κ2) is 5.48. The molecule has 0 amide bonds. The number of benzene rings is 2. The Kier molecular flexibility index (Phi) is 3.65. The Morgan fingerprint density at radius 1 is 0.955 bits per heavy atom. The summed E-state index contributed by atoms with van der Waals surface area (Å²) in [5, 5.41) is 0. The van der Waals surface area contributed by atoms with E-state index < -0.39 is 0 Å². The number of nitrogens with zero attached hydrogens (tertiary/aromatic N) is 1. The van der Waals surface area contributed by atoms with E-state index in [1.165, 1.54) is 16.7 Å². The highest BCUT2D eigenvalue weighted by Gasteiger charge is 2.14. The second-order valence-corrected chi connectivity index (χ2v) is 6.10. The molecule has 3 nitrogen and oxygen atoms in total. The van der Waals surface area contributed by atoms with Gasteiger partial charge in [-0.1, -0.05) is 17.7 Å². The van der Waals surface area contributed by atoms with Gasteiger partial charge in [0.2, 0.25) is 0 Å². The summed E-state index contributed by atoms with van der Waals surface area (Å²) in [6.45, 7) is 10.4. The standard InChI is InChI=1S/C19H22N2O/c1-11-6-7-18(14(4)8-11)22-15(5)19-20-16-9-12(2)13(3)10-17(16)21-19/h6-10,15H,1-5H3,(H,20,21). The lowest BCUT2D eigenvalue weighted by Crippen LogP contribution is -2.06. The zero-order valence-corrected chi connectivity index (χ0v) is 13.8. The molecule has 1 unspecified atom stereocenters. The molecule has 2 aromatic carbocycles. The fourth-order valence-electron chi connectivity index (χ4n) is 2.66. The maximum Gasteiger partial charge on any atom is 0.153 e. The van der Waals surface area contributed by atoms with Crippen LogP contribution in [0.1, 0.15) is 41.1 Å². The van der Waals surface area contributed by atoms with Gasteiger partial charge in [0.1, 0.15) is 11.6 Å². The van der Waals surface area contributed by atoms with Crippen molar-refractivity contribution >= 4 is 11.0 Å². The molecule has 22 heavy (non-hydrogen) atoms. The Hall–Kier alpha value is -2.29. The fourth-order valence-corrected chi connectivity index (χ4v) is 2.66. The van der Waals surface area contributed by atoms with Gasteiger partial charge in [0, 0.05) is 0 Å². The van der Waals surface area contributed by atoms with Crippen LogP contribution in [0.4, 0.5) is 0 Å². The molecule has 1 atom stereocenters. The van der Waals surface area contributed by atoms with Crippen LogP contribution in [-0.2, 0) is 0 Å². The molecule has 0 saturated heterocycles.